The number of amides is 1. The number of benzene rings is 1. The lowest BCUT2D eigenvalue weighted by Crippen LogP contribution is -2.12. The van der Waals surface area contributed by atoms with Crippen LogP contribution in [0.15, 0.2) is 38.7 Å². The fourth-order valence-corrected chi connectivity index (χ4v) is 2.87. The molecule has 0 saturated carbocycles. The van der Waals surface area contributed by atoms with Gasteiger partial charge in [-0.15, -0.1) is 11.3 Å². The first-order valence-electron chi connectivity index (χ1n) is 4.33. The summed E-state index contributed by atoms with van der Waals surface area (Å²) in [5.74, 6) is -0.172. The summed E-state index contributed by atoms with van der Waals surface area (Å²) >= 11 is 8.07. The molecule has 2 rings (SSSR count). The summed E-state index contributed by atoms with van der Waals surface area (Å²) in [6.07, 6.45) is 1.65. The molecule has 0 atom stereocenters. The van der Waals surface area contributed by atoms with Crippen LogP contribution in [0.3, 0.4) is 0 Å². The summed E-state index contributed by atoms with van der Waals surface area (Å²) in [6.45, 7) is 0. The molecule has 1 aromatic heterocycles. The third-order valence-electron chi connectivity index (χ3n) is 1.83. The number of hydrogen-bond acceptors (Lipinski definition) is 3. The summed E-state index contributed by atoms with van der Waals surface area (Å²) < 4.78 is 1.67. The van der Waals surface area contributed by atoms with Crippen LogP contribution >= 0.6 is 43.2 Å². The molecule has 0 spiro atoms. The molecule has 82 valence electrons. The molecule has 0 bridgehead atoms. The van der Waals surface area contributed by atoms with Crippen LogP contribution < -0.4 is 5.32 Å². The van der Waals surface area contributed by atoms with Crippen molar-refractivity contribution >= 4 is 54.2 Å². The lowest BCUT2D eigenvalue weighted by Gasteiger charge is -2.04. The van der Waals surface area contributed by atoms with Gasteiger partial charge in [0.05, 0.1) is 5.56 Å². The zero-order valence-corrected chi connectivity index (χ0v) is 11.9. The van der Waals surface area contributed by atoms with E-state index in [1.165, 1.54) is 11.3 Å². The van der Waals surface area contributed by atoms with Crippen molar-refractivity contribution in [1.29, 1.82) is 0 Å². The van der Waals surface area contributed by atoms with E-state index in [4.69, 9.17) is 0 Å². The highest BCUT2D eigenvalue weighted by Crippen LogP contribution is 2.23. The molecule has 1 heterocycles. The average Bonchev–Trinajstić information content (AvgIpc) is 2.70. The van der Waals surface area contributed by atoms with Gasteiger partial charge in [0, 0.05) is 20.5 Å². The van der Waals surface area contributed by atoms with Gasteiger partial charge in [0.15, 0.2) is 5.13 Å². The molecule has 0 aliphatic rings. The van der Waals surface area contributed by atoms with E-state index in [1.807, 2.05) is 17.5 Å². The SMILES string of the molecule is O=C(Nc1nccs1)c1ccc(Br)cc1Br. The molecule has 0 aliphatic heterocycles. The molecule has 0 unspecified atom stereocenters. The maximum Gasteiger partial charge on any atom is 0.258 e. The maximum absolute atomic E-state index is 11.9. The van der Waals surface area contributed by atoms with Gasteiger partial charge in [0.2, 0.25) is 0 Å². The lowest BCUT2D eigenvalue weighted by atomic mass is 10.2. The summed E-state index contributed by atoms with van der Waals surface area (Å²) in [7, 11) is 0. The highest BCUT2D eigenvalue weighted by Gasteiger charge is 2.11. The molecule has 16 heavy (non-hydrogen) atoms. The Bertz CT molecular complexity index is 514. The summed E-state index contributed by atoms with van der Waals surface area (Å²) in [5.41, 5.74) is 0.582. The van der Waals surface area contributed by atoms with Gasteiger partial charge in [0.25, 0.3) is 5.91 Å². The Hall–Kier alpha value is -0.720. The highest BCUT2D eigenvalue weighted by molar-refractivity contribution is 9.11. The van der Waals surface area contributed by atoms with Crippen molar-refractivity contribution in [3.8, 4) is 0 Å². The Labute approximate surface area is 113 Å². The highest BCUT2D eigenvalue weighted by atomic mass is 79.9. The Morgan fingerprint density at radius 1 is 1.38 bits per heavy atom. The molecule has 1 N–H and O–H groups in total. The van der Waals surface area contributed by atoms with E-state index in [9.17, 15) is 4.79 Å². The van der Waals surface area contributed by atoms with Gasteiger partial charge in [-0.2, -0.15) is 0 Å². The topological polar surface area (TPSA) is 42.0 Å². The fourth-order valence-electron chi connectivity index (χ4n) is 1.12. The van der Waals surface area contributed by atoms with Gasteiger partial charge in [-0.25, -0.2) is 4.98 Å². The second-order valence-electron chi connectivity index (χ2n) is 2.92. The van der Waals surface area contributed by atoms with Crippen LogP contribution in [-0.2, 0) is 0 Å². The minimum Gasteiger partial charge on any atom is -0.298 e. The first-order valence-corrected chi connectivity index (χ1v) is 6.79. The number of rotatable bonds is 2. The average molecular weight is 362 g/mol. The van der Waals surface area contributed by atoms with Crippen LogP contribution in [0.4, 0.5) is 5.13 Å². The van der Waals surface area contributed by atoms with Gasteiger partial charge >= 0.3 is 0 Å². The van der Waals surface area contributed by atoms with Crippen LogP contribution in [0.1, 0.15) is 10.4 Å². The van der Waals surface area contributed by atoms with Crippen molar-refractivity contribution in [1.82, 2.24) is 4.98 Å². The van der Waals surface area contributed by atoms with E-state index < -0.39 is 0 Å². The quantitative estimate of drug-likeness (QED) is 0.880. The van der Waals surface area contributed by atoms with Crippen LogP contribution in [0.2, 0.25) is 0 Å². The molecule has 0 radical (unpaired) electrons. The number of aromatic nitrogens is 1. The third-order valence-corrected chi connectivity index (χ3v) is 3.67. The van der Waals surface area contributed by atoms with Crippen LogP contribution in [0, 0.1) is 0 Å². The number of anilines is 1. The van der Waals surface area contributed by atoms with Crippen molar-refractivity contribution in [3.05, 3.63) is 44.3 Å². The number of thiazole rings is 1. The van der Waals surface area contributed by atoms with Crippen LogP contribution in [0.25, 0.3) is 0 Å². The summed E-state index contributed by atoms with van der Waals surface area (Å²) in [5, 5.41) is 5.13. The largest absolute Gasteiger partial charge is 0.298 e. The molecule has 0 fully saturated rings. The standard InChI is InChI=1S/C10H6Br2N2OS/c11-6-1-2-7(8(12)5-6)9(15)14-10-13-3-4-16-10/h1-5H,(H,13,14,15). The minimum atomic E-state index is -0.172. The van der Waals surface area contributed by atoms with Crippen molar-refractivity contribution in [3.63, 3.8) is 0 Å². The molecular weight excluding hydrogens is 356 g/mol. The van der Waals surface area contributed by atoms with E-state index in [-0.39, 0.29) is 5.91 Å². The Balaban J connectivity index is 2.21. The minimum absolute atomic E-state index is 0.172. The Morgan fingerprint density at radius 2 is 2.19 bits per heavy atom. The lowest BCUT2D eigenvalue weighted by molar-refractivity contribution is 0.102. The number of hydrogen-bond donors (Lipinski definition) is 1. The van der Waals surface area contributed by atoms with E-state index in [1.54, 1.807) is 12.3 Å². The molecule has 6 heteroatoms. The zero-order valence-electron chi connectivity index (χ0n) is 7.91. The van der Waals surface area contributed by atoms with Gasteiger partial charge in [-0.1, -0.05) is 15.9 Å². The van der Waals surface area contributed by atoms with E-state index in [0.717, 1.165) is 8.95 Å². The molecular formula is C10H6Br2N2OS. The predicted octanol–water partition coefficient (Wildman–Crippen LogP) is 3.92. The van der Waals surface area contributed by atoms with Crippen molar-refractivity contribution in [2.24, 2.45) is 0 Å². The second kappa shape index (κ2) is 5.07. The van der Waals surface area contributed by atoms with Gasteiger partial charge < -0.3 is 0 Å². The Kier molecular flexibility index (Phi) is 3.73. The van der Waals surface area contributed by atoms with Crippen LogP contribution in [-0.4, -0.2) is 10.9 Å². The molecule has 1 aromatic carbocycles. The zero-order chi connectivity index (χ0) is 11.5. The van der Waals surface area contributed by atoms with E-state index in [0.29, 0.717) is 10.7 Å². The van der Waals surface area contributed by atoms with Crippen molar-refractivity contribution < 1.29 is 4.79 Å². The second-order valence-corrected chi connectivity index (χ2v) is 5.58. The summed E-state index contributed by atoms with van der Waals surface area (Å²) in [4.78, 5) is 15.8. The number of carbonyl (C=O) groups is 1. The van der Waals surface area contributed by atoms with Crippen molar-refractivity contribution in [2.45, 2.75) is 0 Å². The van der Waals surface area contributed by atoms with E-state index >= 15 is 0 Å². The third kappa shape index (κ3) is 2.69. The molecule has 3 nitrogen and oxygen atoms in total. The molecule has 2 aromatic rings. The fraction of sp³-hybridized carbons (Fsp3) is 0. The first kappa shape index (κ1) is 11.8. The number of carbonyl (C=O) groups excluding carboxylic acids is 1. The van der Waals surface area contributed by atoms with E-state index in [2.05, 4.69) is 42.2 Å². The van der Waals surface area contributed by atoms with Crippen LogP contribution in [0.5, 0.6) is 0 Å². The normalized spacial score (nSPS) is 10.1. The number of nitrogens with one attached hydrogen (secondary N) is 1. The summed E-state index contributed by atoms with van der Waals surface area (Å²) in [6, 6.07) is 5.40. The first-order chi connectivity index (χ1) is 7.66. The van der Waals surface area contributed by atoms with Gasteiger partial charge in [0.1, 0.15) is 0 Å². The molecule has 1 amide bonds. The maximum atomic E-state index is 11.9. The predicted molar refractivity (Wildman–Crippen MR) is 71.9 cm³/mol. The smallest absolute Gasteiger partial charge is 0.258 e. The molecule has 0 saturated heterocycles. The number of halogens is 2. The van der Waals surface area contributed by atoms with Gasteiger partial charge in [-0.3, -0.25) is 10.1 Å². The van der Waals surface area contributed by atoms with Gasteiger partial charge in [-0.05, 0) is 34.1 Å². The Morgan fingerprint density at radius 3 is 2.81 bits per heavy atom. The van der Waals surface area contributed by atoms with Crippen molar-refractivity contribution in [2.75, 3.05) is 5.32 Å². The monoisotopic (exact) mass is 360 g/mol. The molecule has 0 aliphatic carbocycles. The number of nitrogens with zero attached hydrogens (tertiary/aromatic N) is 1.